The van der Waals surface area contributed by atoms with Crippen molar-refractivity contribution in [1.29, 1.82) is 5.26 Å². The molecule has 29 heavy (non-hydrogen) atoms. The normalized spacial score (nSPS) is 20.2. The fraction of sp³-hybridized carbons (Fsp3) is 0.364. The maximum Gasteiger partial charge on any atom is 0.416 e. The lowest BCUT2D eigenvalue weighted by atomic mass is 9.82. The lowest BCUT2D eigenvalue weighted by molar-refractivity contribution is -0.139. The molecule has 0 aliphatic carbocycles. The summed E-state index contributed by atoms with van der Waals surface area (Å²) in [6.45, 7) is 1.68. The Balaban J connectivity index is 1.77. The third-order valence-electron chi connectivity index (χ3n) is 5.25. The number of nitriles is 1. The van der Waals surface area contributed by atoms with Crippen molar-refractivity contribution >= 4 is 5.97 Å². The first-order valence-electron chi connectivity index (χ1n) is 9.35. The number of nitrogens with zero attached hydrogens (tertiary/aromatic N) is 2. The quantitative estimate of drug-likeness (QED) is 0.790. The van der Waals surface area contributed by atoms with E-state index in [9.17, 15) is 23.1 Å². The Kier molecular flexibility index (Phi) is 6.23. The number of aliphatic carboxylic acids is 1. The Morgan fingerprint density at radius 1 is 1.17 bits per heavy atom. The summed E-state index contributed by atoms with van der Waals surface area (Å²) in [6, 6.07) is 14.5. The highest BCUT2D eigenvalue weighted by molar-refractivity contribution is 5.67. The summed E-state index contributed by atoms with van der Waals surface area (Å²) in [7, 11) is 0. The summed E-state index contributed by atoms with van der Waals surface area (Å²) in [4.78, 5) is 13.3. The molecule has 1 N–H and O–H groups in total. The van der Waals surface area contributed by atoms with E-state index in [0.717, 1.165) is 23.3 Å². The average molecular weight is 402 g/mol. The van der Waals surface area contributed by atoms with Crippen molar-refractivity contribution in [3.8, 4) is 6.07 Å². The first-order chi connectivity index (χ1) is 13.7. The molecule has 0 bridgehead atoms. The zero-order chi connectivity index (χ0) is 21.0. The van der Waals surface area contributed by atoms with Crippen LogP contribution < -0.4 is 0 Å². The van der Waals surface area contributed by atoms with Crippen LogP contribution in [0, 0.1) is 17.2 Å². The Morgan fingerprint density at radius 2 is 1.90 bits per heavy atom. The highest BCUT2D eigenvalue weighted by Gasteiger charge is 2.31. The number of benzene rings is 2. The standard InChI is InChI=1S/C22H21F3N2O2/c23-22(24,25)20-6-4-15(5-7-20)12-27-13-17(10-21(28)29)9-19(14-27)18-3-1-2-16(8-18)11-26/h1-8,17,19H,9-10,12-14H2,(H,28,29). The number of alkyl halides is 3. The molecule has 1 fully saturated rings. The van der Waals surface area contributed by atoms with Crippen molar-refractivity contribution in [3.63, 3.8) is 0 Å². The van der Waals surface area contributed by atoms with Crippen LogP contribution in [-0.2, 0) is 17.5 Å². The van der Waals surface area contributed by atoms with E-state index >= 15 is 0 Å². The summed E-state index contributed by atoms with van der Waals surface area (Å²) in [5, 5.41) is 18.4. The molecule has 0 saturated carbocycles. The molecule has 2 unspecified atom stereocenters. The Labute approximate surface area is 167 Å². The fourth-order valence-corrected chi connectivity index (χ4v) is 3.99. The molecule has 2 aromatic carbocycles. The molecule has 2 aromatic rings. The SMILES string of the molecule is N#Cc1cccc(C2CC(CC(=O)O)CN(Cc3ccc(C(F)(F)F)cc3)C2)c1. The minimum atomic E-state index is -4.37. The number of likely N-dealkylation sites (tertiary alicyclic amines) is 1. The predicted octanol–water partition coefficient (Wildman–Crippen LogP) is 4.66. The third kappa shape index (κ3) is 5.58. The smallest absolute Gasteiger partial charge is 0.416 e. The van der Waals surface area contributed by atoms with Gasteiger partial charge < -0.3 is 5.11 Å². The van der Waals surface area contributed by atoms with Crippen LogP contribution in [0.25, 0.3) is 0 Å². The van der Waals surface area contributed by atoms with Gasteiger partial charge in [0.1, 0.15) is 0 Å². The molecular formula is C22H21F3N2O2. The molecular weight excluding hydrogens is 381 g/mol. The van der Waals surface area contributed by atoms with Crippen LogP contribution in [0.3, 0.4) is 0 Å². The van der Waals surface area contributed by atoms with Gasteiger partial charge >= 0.3 is 12.1 Å². The second-order valence-corrected chi connectivity index (χ2v) is 7.52. The van der Waals surface area contributed by atoms with Gasteiger partial charge in [0, 0.05) is 26.1 Å². The maximum atomic E-state index is 12.8. The minimum absolute atomic E-state index is 0.0396. The molecule has 0 amide bonds. The van der Waals surface area contributed by atoms with Gasteiger partial charge in [0.05, 0.1) is 17.2 Å². The number of hydrogen-bond donors (Lipinski definition) is 1. The number of piperidine rings is 1. The van der Waals surface area contributed by atoms with Gasteiger partial charge in [-0.05, 0) is 53.6 Å². The van der Waals surface area contributed by atoms with E-state index < -0.39 is 17.7 Å². The molecule has 2 atom stereocenters. The van der Waals surface area contributed by atoms with Crippen molar-refractivity contribution in [2.24, 2.45) is 5.92 Å². The number of hydrogen-bond acceptors (Lipinski definition) is 3. The molecule has 152 valence electrons. The predicted molar refractivity (Wildman–Crippen MR) is 101 cm³/mol. The lowest BCUT2D eigenvalue weighted by Crippen LogP contribution is -2.39. The highest BCUT2D eigenvalue weighted by atomic mass is 19.4. The number of carboxylic acid groups (broad SMARTS) is 1. The van der Waals surface area contributed by atoms with Gasteiger partial charge in [0.15, 0.2) is 0 Å². The molecule has 4 nitrogen and oxygen atoms in total. The first-order valence-corrected chi connectivity index (χ1v) is 9.35. The second-order valence-electron chi connectivity index (χ2n) is 7.52. The Morgan fingerprint density at radius 3 is 2.52 bits per heavy atom. The fourth-order valence-electron chi connectivity index (χ4n) is 3.99. The van der Waals surface area contributed by atoms with Crippen LogP contribution in [0.1, 0.15) is 41.0 Å². The Bertz CT molecular complexity index is 904. The summed E-state index contributed by atoms with van der Waals surface area (Å²) < 4.78 is 38.3. The van der Waals surface area contributed by atoms with Crippen LogP contribution in [0.2, 0.25) is 0 Å². The van der Waals surface area contributed by atoms with E-state index in [0.29, 0.717) is 31.6 Å². The molecule has 1 heterocycles. The zero-order valence-electron chi connectivity index (χ0n) is 15.7. The molecule has 1 saturated heterocycles. The van der Waals surface area contributed by atoms with Crippen molar-refractivity contribution in [3.05, 3.63) is 70.8 Å². The van der Waals surface area contributed by atoms with Gasteiger partial charge in [-0.3, -0.25) is 9.69 Å². The summed E-state index contributed by atoms with van der Waals surface area (Å²) in [5.41, 5.74) is 1.60. The van der Waals surface area contributed by atoms with Crippen molar-refractivity contribution < 1.29 is 23.1 Å². The molecule has 7 heteroatoms. The first kappa shape index (κ1) is 20.9. The van der Waals surface area contributed by atoms with Crippen LogP contribution in [-0.4, -0.2) is 29.1 Å². The molecule has 0 spiro atoms. The van der Waals surface area contributed by atoms with E-state index in [1.807, 2.05) is 18.2 Å². The van der Waals surface area contributed by atoms with E-state index in [1.54, 1.807) is 6.07 Å². The maximum absolute atomic E-state index is 12.8. The lowest BCUT2D eigenvalue weighted by Gasteiger charge is -2.37. The van der Waals surface area contributed by atoms with Crippen LogP contribution in [0.15, 0.2) is 48.5 Å². The van der Waals surface area contributed by atoms with Gasteiger partial charge in [-0.25, -0.2) is 0 Å². The summed E-state index contributed by atoms with van der Waals surface area (Å²) in [6.07, 6.45) is -3.63. The number of carboxylic acids is 1. The van der Waals surface area contributed by atoms with Crippen LogP contribution in [0.5, 0.6) is 0 Å². The van der Waals surface area contributed by atoms with Crippen LogP contribution >= 0.6 is 0 Å². The topological polar surface area (TPSA) is 64.3 Å². The van der Waals surface area contributed by atoms with Crippen molar-refractivity contribution in [2.75, 3.05) is 13.1 Å². The Hall–Kier alpha value is -2.85. The molecule has 1 aliphatic rings. The molecule has 0 radical (unpaired) electrons. The van der Waals surface area contributed by atoms with E-state index in [1.165, 1.54) is 12.1 Å². The zero-order valence-corrected chi connectivity index (χ0v) is 15.7. The van der Waals surface area contributed by atoms with Gasteiger partial charge in [-0.1, -0.05) is 24.3 Å². The average Bonchev–Trinajstić information content (AvgIpc) is 2.67. The largest absolute Gasteiger partial charge is 0.481 e. The van der Waals surface area contributed by atoms with Gasteiger partial charge in [0.25, 0.3) is 0 Å². The van der Waals surface area contributed by atoms with E-state index in [-0.39, 0.29) is 18.3 Å². The van der Waals surface area contributed by atoms with Gasteiger partial charge in [-0.2, -0.15) is 18.4 Å². The highest BCUT2D eigenvalue weighted by Crippen LogP contribution is 2.34. The van der Waals surface area contributed by atoms with E-state index in [2.05, 4.69) is 11.0 Å². The van der Waals surface area contributed by atoms with Crippen molar-refractivity contribution in [1.82, 2.24) is 4.90 Å². The van der Waals surface area contributed by atoms with Gasteiger partial charge in [-0.15, -0.1) is 0 Å². The number of halogens is 3. The van der Waals surface area contributed by atoms with E-state index in [4.69, 9.17) is 5.26 Å². The summed E-state index contributed by atoms with van der Waals surface area (Å²) >= 11 is 0. The molecule has 1 aliphatic heterocycles. The molecule has 0 aromatic heterocycles. The van der Waals surface area contributed by atoms with Crippen LogP contribution in [0.4, 0.5) is 13.2 Å². The number of carbonyl (C=O) groups is 1. The second kappa shape index (κ2) is 8.66. The summed E-state index contributed by atoms with van der Waals surface area (Å²) in [5.74, 6) is -0.863. The number of rotatable bonds is 5. The van der Waals surface area contributed by atoms with Gasteiger partial charge in [0.2, 0.25) is 0 Å². The monoisotopic (exact) mass is 402 g/mol. The van der Waals surface area contributed by atoms with Crippen molar-refractivity contribution in [2.45, 2.75) is 31.5 Å². The molecule has 3 rings (SSSR count). The minimum Gasteiger partial charge on any atom is -0.481 e. The third-order valence-corrected chi connectivity index (χ3v) is 5.25.